The maximum atomic E-state index is 7.25. The molecule has 0 radical (unpaired) electrons. The minimum Gasteiger partial charge on any atom is -0.468 e. The van der Waals surface area contributed by atoms with E-state index >= 15 is 0 Å². The van der Waals surface area contributed by atoms with E-state index in [0.717, 1.165) is 24.1 Å². The highest BCUT2D eigenvalue weighted by Crippen LogP contribution is 2.48. The van der Waals surface area contributed by atoms with Crippen molar-refractivity contribution < 1.29 is 4.42 Å². The van der Waals surface area contributed by atoms with Crippen molar-refractivity contribution in [1.29, 1.82) is 0 Å². The van der Waals surface area contributed by atoms with Gasteiger partial charge in [-0.25, -0.2) is 0 Å². The molecule has 0 bridgehead atoms. The van der Waals surface area contributed by atoms with Crippen molar-refractivity contribution in [2.45, 2.75) is 104 Å². The van der Waals surface area contributed by atoms with E-state index in [4.69, 9.17) is 4.42 Å². The highest BCUT2D eigenvalue weighted by molar-refractivity contribution is 6.99. The SMILES string of the molecule is CCCCC1C=CC(N2c3cccc4c3B(c3ccc(C(CC)CCC)cc3N4c3ccccc3-c3ccccc3)c3oc4ccc(C(C)CCC)cc4c32)=CC1. The molecule has 5 aromatic carbocycles. The molecule has 9 rings (SSSR count). The Morgan fingerprint density at radius 1 is 0.719 bits per heavy atom. The molecule has 4 heteroatoms. The molecule has 0 spiro atoms. The number of rotatable bonds is 13. The quantitative estimate of drug-likeness (QED) is 0.110. The summed E-state index contributed by atoms with van der Waals surface area (Å²) >= 11 is 0. The van der Waals surface area contributed by atoms with Crippen LogP contribution in [0.1, 0.15) is 115 Å². The van der Waals surface area contributed by atoms with Gasteiger partial charge in [-0.2, -0.15) is 0 Å². The number of hydrogen-bond acceptors (Lipinski definition) is 3. The van der Waals surface area contributed by atoms with Crippen molar-refractivity contribution in [1.82, 2.24) is 0 Å². The maximum Gasteiger partial charge on any atom is 0.297 e. The summed E-state index contributed by atoms with van der Waals surface area (Å²) in [6.45, 7) is 11.6. The van der Waals surface area contributed by atoms with E-state index in [1.807, 2.05) is 0 Å². The molecule has 288 valence electrons. The van der Waals surface area contributed by atoms with Crippen LogP contribution in [0, 0.1) is 5.92 Å². The van der Waals surface area contributed by atoms with Gasteiger partial charge in [-0.05, 0) is 120 Å². The summed E-state index contributed by atoms with van der Waals surface area (Å²) in [5, 5.41) is 1.22. The number of para-hydroxylation sites is 1. The van der Waals surface area contributed by atoms with Gasteiger partial charge in [-0.15, -0.1) is 0 Å². The van der Waals surface area contributed by atoms with Gasteiger partial charge in [0.1, 0.15) is 5.58 Å². The zero-order valence-electron chi connectivity index (χ0n) is 34.6. The minimum absolute atomic E-state index is 0.0488. The Morgan fingerprint density at radius 3 is 2.23 bits per heavy atom. The molecule has 3 unspecified atom stereocenters. The molecule has 0 saturated carbocycles. The van der Waals surface area contributed by atoms with Gasteiger partial charge in [-0.3, -0.25) is 0 Å². The molecule has 0 N–H and O–H groups in total. The molecule has 3 nitrogen and oxygen atoms in total. The lowest BCUT2D eigenvalue weighted by molar-refractivity contribution is 0.555. The van der Waals surface area contributed by atoms with Crippen molar-refractivity contribution >= 4 is 62.7 Å². The van der Waals surface area contributed by atoms with Crippen LogP contribution >= 0.6 is 0 Å². The number of hydrogen-bond donors (Lipinski definition) is 0. The Hall–Kier alpha value is -5.22. The average molecular weight is 749 g/mol. The summed E-state index contributed by atoms with van der Waals surface area (Å²) in [5.74, 6) is 1.58. The van der Waals surface area contributed by atoms with Crippen LogP contribution < -0.4 is 26.4 Å². The summed E-state index contributed by atoms with van der Waals surface area (Å²) < 4.78 is 7.25. The molecule has 0 amide bonds. The van der Waals surface area contributed by atoms with Gasteiger partial charge < -0.3 is 14.2 Å². The second kappa shape index (κ2) is 16.0. The Kier molecular flexibility index (Phi) is 10.5. The zero-order valence-corrected chi connectivity index (χ0v) is 34.6. The number of fused-ring (bicyclic) bond motifs is 6. The lowest BCUT2D eigenvalue weighted by Crippen LogP contribution is -2.61. The average Bonchev–Trinajstić information content (AvgIpc) is 3.64. The molecule has 3 aliphatic rings. The van der Waals surface area contributed by atoms with Crippen molar-refractivity contribution in [3.8, 4) is 11.1 Å². The zero-order chi connectivity index (χ0) is 39.0. The van der Waals surface area contributed by atoms with Gasteiger partial charge in [-0.1, -0.05) is 145 Å². The lowest BCUT2D eigenvalue weighted by atomic mass is 9.35. The van der Waals surface area contributed by atoms with Crippen LogP contribution in [0.25, 0.3) is 22.1 Å². The molecule has 6 aromatic rings. The van der Waals surface area contributed by atoms with Gasteiger partial charge in [0.25, 0.3) is 6.71 Å². The predicted molar refractivity (Wildman–Crippen MR) is 246 cm³/mol. The normalized spacial score (nSPS) is 16.6. The second-order valence-electron chi connectivity index (χ2n) is 16.8. The van der Waals surface area contributed by atoms with E-state index in [9.17, 15) is 0 Å². The van der Waals surface area contributed by atoms with E-state index < -0.39 is 0 Å². The Morgan fingerprint density at radius 2 is 1.47 bits per heavy atom. The van der Waals surface area contributed by atoms with E-state index in [2.05, 4.69) is 172 Å². The van der Waals surface area contributed by atoms with E-state index in [0.29, 0.717) is 17.8 Å². The molecule has 1 aromatic heterocycles. The highest BCUT2D eigenvalue weighted by Gasteiger charge is 2.47. The third-order valence-corrected chi connectivity index (χ3v) is 13.1. The standard InChI is InChI=1S/C53H57BN2O/c1-6-10-19-37-26-30-42(31-27-37)55-47-24-16-25-48-51(47)54(53-52(55)44-34-40(36(5)17-7-2)29-33-50(44)57-53)45-32-28-41(38(9-4)18-8-3)35-49(45)56(48)46-23-15-14-22-43(46)39-20-12-11-13-21-39/h11-16,20-26,28-38H,6-10,17-19,27H2,1-5H3. The fraction of sp³-hybridized carbons (Fsp3) is 0.321. The molecule has 57 heavy (non-hydrogen) atoms. The van der Waals surface area contributed by atoms with Gasteiger partial charge in [0.2, 0.25) is 0 Å². The van der Waals surface area contributed by atoms with Crippen molar-refractivity contribution in [2.75, 3.05) is 9.80 Å². The van der Waals surface area contributed by atoms with Crippen molar-refractivity contribution in [3.05, 3.63) is 144 Å². The number of furan rings is 1. The molecule has 1 aliphatic carbocycles. The fourth-order valence-electron chi connectivity index (χ4n) is 10.1. The number of anilines is 5. The first-order valence-electron chi connectivity index (χ1n) is 22.0. The first-order valence-corrected chi connectivity index (χ1v) is 22.0. The third kappa shape index (κ3) is 6.56. The summed E-state index contributed by atoms with van der Waals surface area (Å²) in [4.78, 5) is 5.14. The van der Waals surface area contributed by atoms with Crippen LogP contribution in [-0.2, 0) is 0 Å². The maximum absolute atomic E-state index is 7.25. The van der Waals surface area contributed by atoms with Crippen LogP contribution in [0.5, 0.6) is 0 Å². The number of benzene rings is 5. The predicted octanol–water partition coefficient (Wildman–Crippen LogP) is 13.7. The van der Waals surface area contributed by atoms with Crippen molar-refractivity contribution in [2.24, 2.45) is 5.92 Å². The van der Waals surface area contributed by atoms with Gasteiger partial charge in [0, 0.05) is 33.7 Å². The van der Waals surface area contributed by atoms with Gasteiger partial charge in [0.15, 0.2) is 0 Å². The number of allylic oxidation sites excluding steroid dienone is 3. The first kappa shape index (κ1) is 37.4. The monoisotopic (exact) mass is 748 g/mol. The molecule has 0 saturated heterocycles. The summed E-state index contributed by atoms with van der Waals surface area (Å²) in [7, 11) is 0. The third-order valence-electron chi connectivity index (χ3n) is 13.1. The van der Waals surface area contributed by atoms with E-state index in [1.165, 1.54) is 118 Å². The topological polar surface area (TPSA) is 19.6 Å². The summed E-state index contributed by atoms with van der Waals surface area (Å²) in [6.07, 6.45) is 18.0. The molecule has 3 atom stereocenters. The van der Waals surface area contributed by atoms with Crippen molar-refractivity contribution in [3.63, 3.8) is 0 Å². The van der Waals surface area contributed by atoms with Crippen LogP contribution in [0.2, 0.25) is 0 Å². The van der Waals surface area contributed by atoms with Crippen LogP contribution in [-0.4, -0.2) is 6.71 Å². The van der Waals surface area contributed by atoms with Crippen LogP contribution in [0.4, 0.5) is 28.4 Å². The fourth-order valence-corrected chi connectivity index (χ4v) is 10.1. The number of nitrogens with zero attached hydrogens (tertiary/aromatic N) is 2. The smallest absolute Gasteiger partial charge is 0.297 e. The molecule has 2 aliphatic heterocycles. The Labute approximate surface area is 341 Å². The highest BCUT2D eigenvalue weighted by atomic mass is 16.3. The molecule has 3 heterocycles. The number of unbranched alkanes of at least 4 members (excludes halogenated alkanes) is 1. The van der Waals surface area contributed by atoms with E-state index in [1.54, 1.807) is 0 Å². The largest absolute Gasteiger partial charge is 0.468 e. The van der Waals surface area contributed by atoms with E-state index in [-0.39, 0.29) is 6.71 Å². The second-order valence-corrected chi connectivity index (χ2v) is 16.8. The van der Waals surface area contributed by atoms with Crippen LogP contribution in [0.3, 0.4) is 0 Å². The molecular weight excluding hydrogens is 691 g/mol. The first-order chi connectivity index (χ1) is 28.0. The lowest BCUT2D eigenvalue weighted by Gasteiger charge is -2.43. The van der Waals surface area contributed by atoms with Gasteiger partial charge in [0.05, 0.1) is 17.0 Å². The Balaban J connectivity index is 1.32. The minimum atomic E-state index is -0.0488. The molecule has 0 fully saturated rings. The van der Waals surface area contributed by atoms with Gasteiger partial charge >= 0.3 is 0 Å². The molecular formula is C53H57BN2O. The Bertz CT molecular complexity index is 2460. The summed E-state index contributed by atoms with van der Waals surface area (Å²) in [5.41, 5.74) is 17.3. The summed E-state index contributed by atoms with van der Waals surface area (Å²) in [6, 6.07) is 41.3. The van der Waals surface area contributed by atoms with Crippen LogP contribution in [0.15, 0.2) is 138 Å².